The molecule has 0 aliphatic heterocycles. The summed E-state index contributed by atoms with van der Waals surface area (Å²) in [5.74, 6) is 0.355. The highest BCUT2D eigenvalue weighted by Gasteiger charge is 2.28. The van der Waals surface area contributed by atoms with Gasteiger partial charge in [-0.15, -0.1) is 0 Å². The van der Waals surface area contributed by atoms with Gasteiger partial charge in [0.15, 0.2) is 0 Å². The van der Waals surface area contributed by atoms with E-state index < -0.39 is 27.4 Å². The summed E-state index contributed by atoms with van der Waals surface area (Å²) < 4.78 is 38.8. The number of halogens is 1. The molecule has 0 spiro atoms. The van der Waals surface area contributed by atoms with Crippen LogP contribution < -0.4 is 14.5 Å². The number of ether oxygens (including phenoxy) is 1. The zero-order valence-corrected chi connectivity index (χ0v) is 22.8. The molecule has 0 saturated heterocycles. The van der Waals surface area contributed by atoms with E-state index in [1.165, 1.54) is 55.8 Å². The Kier molecular flexibility index (Phi) is 8.51. The third-order valence-corrected chi connectivity index (χ3v) is 7.77. The Morgan fingerprint density at radius 3 is 2.42 bits per heavy atom. The number of furan rings is 1. The number of non-ortho nitro benzene ring substituents is 1. The van der Waals surface area contributed by atoms with Crippen LogP contribution in [0.2, 0.25) is 5.02 Å². The second kappa shape index (κ2) is 12.0. The predicted octanol–water partition coefficient (Wildman–Crippen LogP) is 5.17. The Labute approximate surface area is 234 Å². The standard InChI is InChI=1S/C27H23ClN4O7S/c1-18-3-11-23(12-4-18)40(36,37)31(21-9-13-26(38-2)24(28)15-21)17-27(33)30-29-16-22-10-14-25(39-22)19-5-7-20(8-6-19)32(34)35/h3-16H,17H2,1-2H3,(H,30,33)/b29-16+. The molecule has 11 nitrogen and oxygen atoms in total. The van der Waals surface area contributed by atoms with Crippen LogP contribution in [0, 0.1) is 17.0 Å². The quantitative estimate of drug-likeness (QED) is 0.154. The number of sulfonamides is 1. The maximum absolute atomic E-state index is 13.5. The topological polar surface area (TPSA) is 144 Å². The SMILES string of the molecule is COc1ccc(N(CC(=O)N/N=C/c2ccc(-c3ccc([N+](=O)[O-])cc3)o2)S(=O)(=O)c2ccc(C)cc2)cc1Cl. The van der Waals surface area contributed by atoms with Crippen molar-refractivity contribution in [3.8, 4) is 17.1 Å². The van der Waals surface area contributed by atoms with Crippen LogP contribution in [-0.2, 0) is 14.8 Å². The molecule has 40 heavy (non-hydrogen) atoms. The number of methoxy groups -OCH3 is 1. The van der Waals surface area contributed by atoms with Crippen molar-refractivity contribution in [2.75, 3.05) is 18.0 Å². The molecule has 0 atom stereocenters. The lowest BCUT2D eigenvalue weighted by Gasteiger charge is -2.24. The van der Waals surface area contributed by atoms with E-state index in [0.717, 1.165) is 9.87 Å². The van der Waals surface area contributed by atoms with Gasteiger partial charge in [0.1, 0.15) is 23.8 Å². The van der Waals surface area contributed by atoms with E-state index in [-0.39, 0.29) is 21.3 Å². The highest BCUT2D eigenvalue weighted by molar-refractivity contribution is 7.92. The number of aryl methyl sites for hydroxylation is 1. The van der Waals surface area contributed by atoms with Gasteiger partial charge in [-0.1, -0.05) is 29.3 Å². The van der Waals surface area contributed by atoms with Gasteiger partial charge in [-0.2, -0.15) is 5.10 Å². The van der Waals surface area contributed by atoms with E-state index in [1.807, 2.05) is 6.92 Å². The zero-order chi connectivity index (χ0) is 28.9. The van der Waals surface area contributed by atoms with Gasteiger partial charge < -0.3 is 9.15 Å². The first kappa shape index (κ1) is 28.3. The Balaban J connectivity index is 1.51. The predicted molar refractivity (Wildman–Crippen MR) is 150 cm³/mol. The van der Waals surface area contributed by atoms with Gasteiger partial charge in [-0.3, -0.25) is 19.2 Å². The third-order valence-electron chi connectivity index (χ3n) is 5.69. The van der Waals surface area contributed by atoms with Crippen molar-refractivity contribution in [2.24, 2.45) is 5.10 Å². The van der Waals surface area contributed by atoms with Gasteiger partial charge >= 0.3 is 0 Å². The number of carbonyl (C=O) groups is 1. The van der Waals surface area contributed by atoms with Crippen LogP contribution in [0.4, 0.5) is 11.4 Å². The lowest BCUT2D eigenvalue weighted by Crippen LogP contribution is -2.39. The first-order chi connectivity index (χ1) is 19.1. The van der Waals surface area contributed by atoms with E-state index in [2.05, 4.69) is 10.5 Å². The van der Waals surface area contributed by atoms with E-state index >= 15 is 0 Å². The second-order valence-corrected chi connectivity index (χ2v) is 10.7. The fourth-order valence-electron chi connectivity index (χ4n) is 3.62. The summed E-state index contributed by atoms with van der Waals surface area (Å²) >= 11 is 6.24. The molecular weight excluding hydrogens is 560 g/mol. The number of nitrogens with zero attached hydrogens (tertiary/aromatic N) is 3. The average Bonchev–Trinajstić information content (AvgIpc) is 3.41. The molecule has 0 unspecified atom stereocenters. The van der Waals surface area contributed by atoms with Crippen LogP contribution in [0.25, 0.3) is 11.3 Å². The molecule has 4 rings (SSSR count). The Morgan fingerprint density at radius 1 is 1.10 bits per heavy atom. The molecule has 3 aromatic carbocycles. The first-order valence-corrected chi connectivity index (χ1v) is 13.5. The first-order valence-electron chi connectivity index (χ1n) is 11.7. The third kappa shape index (κ3) is 6.47. The molecular formula is C27H23ClN4O7S. The lowest BCUT2D eigenvalue weighted by atomic mass is 10.1. The van der Waals surface area contributed by atoms with Crippen LogP contribution in [0.3, 0.4) is 0 Å². The van der Waals surface area contributed by atoms with Crippen LogP contribution in [0.15, 0.2) is 93.3 Å². The molecule has 0 saturated carbocycles. The summed E-state index contributed by atoms with van der Waals surface area (Å²) in [5.41, 5.74) is 3.90. The molecule has 1 heterocycles. The largest absolute Gasteiger partial charge is 0.495 e. The van der Waals surface area contributed by atoms with Crippen molar-refractivity contribution >= 4 is 45.1 Å². The highest BCUT2D eigenvalue weighted by atomic mass is 35.5. The summed E-state index contributed by atoms with van der Waals surface area (Å²) in [6.07, 6.45) is 1.25. The molecule has 0 aliphatic rings. The van der Waals surface area contributed by atoms with E-state index in [0.29, 0.717) is 22.8 Å². The van der Waals surface area contributed by atoms with Crippen molar-refractivity contribution in [3.05, 3.63) is 105 Å². The summed E-state index contributed by atoms with van der Waals surface area (Å²) in [6, 6.07) is 19.7. The number of benzene rings is 3. The number of nitrogens with one attached hydrogen (secondary N) is 1. The minimum Gasteiger partial charge on any atom is -0.495 e. The number of hydrogen-bond acceptors (Lipinski definition) is 8. The number of rotatable bonds is 10. The maximum atomic E-state index is 13.5. The van der Waals surface area contributed by atoms with Gasteiger partial charge in [-0.05, 0) is 61.5 Å². The smallest absolute Gasteiger partial charge is 0.269 e. The minimum absolute atomic E-state index is 0.00398. The fraction of sp³-hybridized carbons (Fsp3) is 0.111. The Bertz CT molecular complexity index is 1670. The van der Waals surface area contributed by atoms with Crippen molar-refractivity contribution in [1.82, 2.24) is 5.43 Å². The molecule has 1 amide bonds. The lowest BCUT2D eigenvalue weighted by molar-refractivity contribution is -0.384. The number of nitro benzene ring substituents is 1. The number of hydrazone groups is 1. The average molecular weight is 583 g/mol. The number of anilines is 1. The summed E-state index contributed by atoms with van der Waals surface area (Å²) in [4.78, 5) is 23.1. The molecule has 1 aromatic heterocycles. The molecule has 4 aromatic rings. The van der Waals surface area contributed by atoms with Crippen molar-refractivity contribution in [2.45, 2.75) is 11.8 Å². The highest BCUT2D eigenvalue weighted by Crippen LogP contribution is 2.32. The fourth-order valence-corrected chi connectivity index (χ4v) is 5.29. The van der Waals surface area contributed by atoms with Crippen molar-refractivity contribution in [3.63, 3.8) is 0 Å². The normalized spacial score (nSPS) is 11.4. The molecule has 0 aliphatic carbocycles. The van der Waals surface area contributed by atoms with E-state index in [1.54, 1.807) is 36.4 Å². The molecule has 13 heteroatoms. The summed E-state index contributed by atoms with van der Waals surface area (Å²) in [6.45, 7) is 1.24. The number of amides is 1. The van der Waals surface area contributed by atoms with Gasteiger partial charge in [-0.25, -0.2) is 13.8 Å². The van der Waals surface area contributed by atoms with Gasteiger partial charge in [0.25, 0.3) is 21.6 Å². The molecule has 0 radical (unpaired) electrons. The van der Waals surface area contributed by atoms with Crippen LogP contribution in [0.5, 0.6) is 5.75 Å². The molecule has 206 valence electrons. The summed E-state index contributed by atoms with van der Waals surface area (Å²) in [7, 11) is -2.72. The van der Waals surface area contributed by atoms with Gasteiger partial charge in [0.2, 0.25) is 0 Å². The monoisotopic (exact) mass is 582 g/mol. The number of carbonyl (C=O) groups excluding carboxylic acids is 1. The van der Waals surface area contributed by atoms with Crippen LogP contribution in [0.1, 0.15) is 11.3 Å². The maximum Gasteiger partial charge on any atom is 0.269 e. The zero-order valence-electron chi connectivity index (χ0n) is 21.3. The number of hydrogen-bond donors (Lipinski definition) is 1. The second-order valence-electron chi connectivity index (χ2n) is 8.44. The van der Waals surface area contributed by atoms with Crippen molar-refractivity contribution < 1.29 is 27.3 Å². The summed E-state index contributed by atoms with van der Waals surface area (Å²) in [5, 5.41) is 14.9. The van der Waals surface area contributed by atoms with Crippen LogP contribution >= 0.6 is 11.6 Å². The number of nitro groups is 1. The van der Waals surface area contributed by atoms with Gasteiger partial charge in [0.05, 0.1) is 33.9 Å². The van der Waals surface area contributed by atoms with E-state index in [4.69, 9.17) is 20.8 Å². The molecule has 1 N–H and O–H groups in total. The molecule has 0 bridgehead atoms. The molecule has 0 fully saturated rings. The Hall–Kier alpha value is -4.68. The Morgan fingerprint density at radius 2 is 1.80 bits per heavy atom. The van der Waals surface area contributed by atoms with Crippen LogP contribution in [-0.4, -0.2) is 39.1 Å². The van der Waals surface area contributed by atoms with Gasteiger partial charge in [0, 0.05) is 17.7 Å². The van der Waals surface area contributed by atoms with Crippen molar-refractivity contribution in [1.29, 1.82) is 0 Å². The van der Waals surface area contributed by atoms with E-state index in [9.17, 15) is 23.3 Å². The minimum atomic E-state index is -4.15.